The van der Waals surface area contributed by atoms with Gasteiger partial charge in [0.25, 0.3) is 0 Å². The molecule has 0 saturated carbocycles. The van der Waals surface area contributed by atoms with Crippen molar-refractivity contribution in [3.05, 3.63) is 30.1 Å². The number of anilines is 1. The van der Waals surface area contributed by atoms with Crippen LogP contribution in [-0.2, 0) is 11.3 Å². The van der Waals surface area contributed by atoms with E-state index in [1.165, 1.54) is 18.1 Å². The summed E-state index contributed by atoms with van der Waals surface area (Å²) in [6.45, 7) is 4.01. The molecule has 1 aliphatic heterocycles. The molecular weight excluding hydrogens is 424 g/mol. The number of nitrogens with two attached hydrogens (primary N) is 1. The molecule has 0 aliphatic carbocycles. The molecule has 1 aliphatic rings. The Hall–Kier alpha value is -3.25. The average Bonchev–Trinajstić information content (AvgIpc) is 3.16. The molecule has 0 spiro atoms. The van der Waals surface area contributed by atoms with Gasteiger partial charge < -0.3 is 19.9 Å². The number of aromatic nitrogens is 4. The van der Waals surface area contributed by atoms with Crippen LogP contribution >= 0.6 is 11.8 Å². The zero-order valence-electron chi connectivity index (χ0n) is 18.2. The third-order valence-corrected chi connectivity index (χ3v) is 6.94. The molecule has 8 nitrogen and oxygen atoms in total. The molecule has 3 heterocycles. The molecule has 1 saturated heterocycles. The van der Waals surface area contributed by atoms with Gasteiger partial charge in [0.15, 0.2) is 22.1 Å². The minimum Gasteiger partial charge on any atom is -0.497 e. The Bertz CT molecular complexity index is 1180. The molecule has 0 bridgehead atoms. The summed E-state index contributed by atoms with van der Waals surface area (Å²) in [6.07, 6.45) is 10.2. The van der Waals surface area contributed by atoms with Gasteiger partial charge in [-0.25, -0.2) is 15.0 Å². The summed E-state index contributed by atoms with van der Waals surface area (Å²) in [4.78, 5) is 27.7. The van der Waals surface area contributed by atoms with E-state index < -0.39 is 0 Å². The van der Waals surface area contributed by atoms with Gasteiger partial charge >= 0.3 is 0 Å². The van der Waals surface area contributed by atoms with Crippen LogP contribution in [0, 0.1) is 18.3 Å². The van der Waals surface area contributed by atoms with Crippen molar-refractivity contribution in [1.29, 1.82) is 0 Å². The second-order valence-electron chi connectivity index (χ2n) is 7.82. The van der Waals surface area contributed by atoms with E-state index in [-0.39, 0.29) is 5.91 Å². The van der Waals surface area contributed by atoms with Crippen LogP contribution in [0.3, 0.4) is 0 Å². The lowest BCUT2D eigenvalue weighted by atomic mass is 9.93. The minimum absolute atomic E-state index is 0.150. The first-order chi connectivity index (χ1) is 15.5. The van der Waals surface area contributed by atoms with Crippen LogP contribution in [0.25, 0.3) is 11.2 Å². The van der Waals surface area contributed by atoms with E-state index in [1.807, 2.05) is 23.1 Å². The number of imidazole rings is 1. The molecule has 1 fully saturated rings. The summed E-state index contributed by atoms with van der Waals surface area (Å²) >= 11 is 1.47. The number of methoxy groups -OCH3 is 1. The number of ether oxygens (including phenoxy) is 1. The minimum atomic E-state index is 0.150. The fourth-order valence-electron chi connectivity index (χ4n) is 3.99. The zero-order chi connectivity index (χ0) is 22.7. The molecule has 0 atom stereocenters. The van der Waals surface area contributed by atoms with Gasteiger partial charge in [0, 0.05) is 37.0 Å². The number of hydrogen-bond acceptors (Lipinski definition) is 7. The van der Waals surface area contributed by atoms with Crippen molar-refractivity contribution in [3.8, 4) is 18.1 Å². The monoisotopic (exact) mass is 450 g/mol. The zero-order valence-corrected chi connectivity index (χ0v) is 19.1. The third kappa shape index (κ3) is 4.50. The molecule has 32 heavy (non-hydrogen) atoms. The Morgan fingerprint density at radius 3 is 2.81 bits per heavy atom. The van der Waals surface area contributed by atoms with Crippen molar-refractivity contribution in [1.82, 2.24) is 24.4 Å². The number of nitrogens with zero attached hydrogens (tertiary/aromatic N) is 5. The van der Waals surface area contributed by atoms with Crippen molar-refractivity contribution >= 4 is 34.7 Å². The van der Waals surface area contributed by atoms with E-state index in [9.17, 15) is 4.79 Å². The molecule has 3 aromatic rings. The predicted molar refractivity (Wildman–Crippen MR) is 124 cm³/mol. The topological polar surface area (TPSA) is 99.2 Å². The summed E-state index contributed by atoms with van der Waals surface area (Å²) < 4.78 is 7.47. The first kappa shape index (κ1) is 22.0. The first-order valence-electron chi connectivity index (χ1n) is 10.5. The Balaban J connectivity index is 1.61. The van der Waals surface area contributed by atoms with Crippen LogP contribution in [0.15, 0.2) is 34.6 Å². The molecule has 4 rings (SSSR count). The first-order valence-corrected chi connectivity index (χ1v) is 11.4. The van der Waals surface area contributed by atoms with Gasteiger partial charge in [-0.2, -0.15) is 0 Å². The van der Waals surface area contributed by atoms with E-state index in [4.69, 9.17) is 21.9 Å². The molecule has 0 unspecified atom stereocenters. The van der Waals surface area contributed by atoms with E-state index >= 15 is 0 Å². The SMILES string of the molecule is C#Cc1ccc(OC)cc1Sc1nc2c(N)ncnc2n1CCC1CCN(C(C)=O)CC1. The van der Waals surface area contributed by atoms with Gasteiger partial charge in [-0.3, -0.25) is 4.79 Å². The maximum Gasteiger partial charge on any atom is 0.219 e. The summed E-state index contributed by atoms with van der Waals surface area (Å²) in [5.41, 5.74) is 8.16. The van der Waals surface area contributed by atoms with Crippen molar-refractivity contribution in [2.45, 2.75) is 42.8 Å². The van der Waals surface area contributed by atoms with E-state index in [2.05, 4.69) is 20.5 Å². The van der Waals surface area contributed by atoms with Gasteiger partial charge in [-0.1, -0.05) is 17.7 Å². The maximum atomic E-state index is 11.6. The number of carbonyl (C=O) groups excluding carboxylic acids is 1. The number of fused-ring (bicyclic) bond motifs is 1. The van der Waals surface area contributed by atoms with Crippen LogP contribution in [-0.4, -0.2) is 50.5 Å². The fraction of sp³-hybridized carbons (Fsp3) is 0.391. The van der Waals surface area contributed by atoms with Gasteiger partial charge in [-0.15, -0.1) is 6.42 Å². The normalized spacial score (nSPS) is 14.5. The summed E-state index contributed by atoms with van der Waals surface area (Å²) in [7, 11) is 1.63. The highest BCUT2D eigenvalue weighted by molar-refractivity contribution is 7.99. The summed E-state index contributed by atoms with van der Waals surface area (Å²) in [5, 5.41) is 0.762. The number of aryl methyl sites for hydroxylation is 1. The van der Waals surface area contributed by atoms with E-state index in [0.717, 1.165) is 60.3 Å². The molecule has 1 amide bonds. The van der Waals surface area contributed by atoms with Gasteiger partial charge in [0.05, 0.1) is 7.11 Å². The second kappa shape index (κ2) is 9.49. The van der Waals surface area contributed by atoms with Gasteiger partial charge in [0.2, 0.25) is 5.91 Å². The number of piperidine rings is 1. The number of terminal acetylenes is 1. The standard InChI is InChI=1S/C23H26N6O2S/c1-4-17-5-6-18(31-3)13-19(17)32-23-27-20-21(24)25-14-26-22(20)29(23)12-9-16-7-10-28(11-8-16)15(2)30/h1,5-6,13-14,16H,7-12H2,2-3H3,(H2,24,25,26). The number of nitrogen functional groups attached to an aromatic ring is 1. The molecule has 0 radical (unpaired) electrons. The molecule has 2 aromatic heterocycles. The Morgan fingerprint density at radius 2 is 2.12 bits per heavy atom. The number of carbonyl (C=O) groups is 1. The lowest BCUT2D eigenvalue weighted by molar-refractivity contribution is -0.130. The average molecular weight is 451 g/mol. The molecule has 2 N–H and O–H groups in total. The third-order valence-electron chi connectivity index (χ3n) is 5.89. The fourth-order valence-corrected chi connectivity index (χ4v) is 5.03. The van der Waals surface area contributed by atoms with E-state index in [0.29, 0.717) is 22.9 Å². The lowest BCUT2D eigenvalue weighted by Crippen LogP contribution is -2.37. The molecular formula is C23H26N6O2S. The van der Waals surface area contributed by atoms with E-state index in [1.54, 1.807) is 14.0 Å². The number of benzene rings is 1. The van der Waals surface area contributed by atoms with Crippen molar-refractivity contribution in [2.75, 3.05) is 25.9 Å². The van der Waals surface area contributed by atoms with Crippen molar-refractivity contribution in [3.63, 3.8) is 0 Å². The number of amides is 1. The molecule has 166 valence electrons. The Labute approximate surface area is 191 Å². The number of rotatable bonds is 6. The highest BCUT2D eigenvalue weighted by Crippen LogP contribution is 2.35. The number of likely N-dealkylation sites (tertiary alicyclic amines) is 1. The largest absolute Gasteiger partial charge is 0.497 e. The predicted octanol–water partition coefficient (Wildman–Crippen LogP) is 3.20. The van der Waals surface area contributed by atoms with Crippen molar-refractivity contribution < 1.29 is 9.53 Å². The summed E-state index contributed by atoms with van der Waals surface area (Å²) in [5.74, 6) is 4.50. The maximum absolute atomic E-state index is 11.6. The molecule has 9 heteroatoms. The molecule has 1 aromatic carbocycles. The van der Waals surface area contributed by atoms with Crippen LogP contribution in [0.2, 0.25) is 0 Å². The highest BCUT2D eigenvalue weighted by Gasteiger charge is 2.22. The highest BCUT2D eigenvalue weighted by atomic mass is 32.2. The Kier molecular flexibility index (Phi) is 6.51. The lowest BCUT2D eigenvalue weighted by Gasteiger charge is -2.31. The Morgan fingerprint density at radius 1 is 1.34 bits per heavy atom. The number of hydrogen-bond donors (Lipinski definition) is 1. The summed E-state index contributed by atoms with van der Waals surface area (Å²) in [6, 6.07) is 5.63. The van der Waals surface area contributed by atoms with Crippen molar-refractivity contribution in [2.24, 2.45) is 5.92 Å². The van der Waals surface area contributed by atoms with Crippen LogP contribution in [0.4, 0.5) is 5.82 Å². The van der Waals surface area contributed by atoms with Gasteiger partial charge in [0.1, 0.15) is 12.1 Å². The van der Waals surface area contributed by atoms with Crippen LogP contribution in [0.5, 0.6) is 5.75 Å². The van der Waals surface area contributed by atoms with Gasteiger partial charge in [-0.05, 0) is 43.4 Å². The quantitative estimate of drug-likeness (QED) is 0.576. The van der Waals surface area contributed by atoms with Crippen LogP contribution in [0.1, 0.15) is 31.7 Å². The smallest absolute Gasteiger partial charge is 0.219 e. The second-order valence-corrected chi connectivity index (χ2v) is 8.83. The van der Waals surface area contributed by atoms with Crippen LogP contribution < -0.4 is 10.5 Å².